The highest BCUT2D eigenvalue weighted by molar-refractivity contribution is 6.31. The summed E-state index contributed by atoms with van der Waals surface area (Å²) in [6.07, 6.45) is 4.05. The molecule has 0 aliphatic heterocycles. The molecule has 1 aromatic carbocycles. The third kappa shape index (κ3) is 2.53. The molecule has 0 amide bonds. The third-order valence-corrected chi connectivity index (χ3v) is 3.71. The average Bonchev–Trinajstić information content (AvgIpc) is 3.03. The Morgan fingerprint density at radius 3 is 2.80 bits per heavy atom. The van der Waals surface area contributed by atoms with Gasteiger partial charge in [-0.3, -0.25) is 0 Å². The predicted octanol–water partition coefficient (Wildman–Crippen LogP) is 3.71. The first kappa shape index (κ1) is 11.0. The van der Waals surface area contributed by atoms with Crippen molar-refractivity contribution in [1.82, 2.24) is 5.32 Å². The molecule has 1 aliphatic carbocycles. The first-order valence-electron chi connectivity index (χ1n) is 5.64. The lowest BCUT2D eigenvalue weighted by Crippen LogP contribution is -2.18. The molecule has 0 heterocycles. The van der Waals surface area contributed by atoms with E-state index in [0.717, 1.165) is 10.9 Å². The molecule has 0 radical (unpaired) electrons. The predicted molar refractivity (Wildman–Crippen MR) is 65.3 cm³/mol. The number of rotatable bonds is 4. The van der Waals surface area contributed by atoms with Crippen LogP contribution in [0.1, 0.15) is 36.4 Å². The van der Waals surface area contributed by atoms with Crippen LogP contribution in [-0.4, -0.2) is 7.05 Å². The fourth-order valence-corrected chi connectivity index (χ4v) is 2.27. The Balaban J connectivity index is 2.20. The number of hydrogen-bond acceptors (Lipinski definition) is 1. The maximum Gasteiger partial charge on any atom is 0.0438 e. The van der Waals surface area contributed by atoms with Crippen LogP contribution >= 0.6 is 11.6 Å². The number of halogens is 1. The molecule has 1 N–H and O–H groups in total. The molecule has 1 unspecified atom stereocenters. The minimum Gasteiger partial charge on any atom is -0.313 e. The van der Waals surface area contributed by atoms with Gasteiger partial charge in [0, 0.05) is 11.1 Å². The maximum absolute atomic E-state index is 6.14. The van der Waals surface area contributed by atoms with Crippen molar-refractivity contribution in [3.8, 4) is 0 Å². The standard InChI is InChI=1S/C13H18ClN/c1-9-11(4-3-5-12(9)14)13(15-2)8-10-6-7-10/h3-5,10,13,15H,6-8H2,1-2H3. The molecule has 0 spiro atoms. The van der Waals surface area contributed by atoms with Gasteiger partial charge in [0.05, 0.1) is 0 Å². The Morgan fingerprint density at radius 2 is 2.20 bits per heavy atom. The Labute approximate surface area is 96.8 Å². The number of benzene rings is 1. The highest BCUT2D eigenvalue weighted by Gasteiger charge is 2.26. The number of hydrogen-bond donors (Lipinski definition) is 1. The molecule has 1 aliphatic rings. The van der Waals surface area contributed by atoms with Crippen molar-refractivity contribution in [2.75, 3.05) is 7.05 Å². The van der Waals surface area contributed by atoms with Crippen LogP contribution in [0.15, 0.2) is 18.2 Å². The van der Waals surface area contributed by atoms with Crippen molar-refractivity contribution in [3.05, 3.63) is 34.3 Å². The van der Waals surface area contributed by atoms with Crippen LogP contribution in [0.5, 0.6) is 0 Å². The Kier molecular flexibility index (Phi) is 3.32. The summed E-state index contributed by atoms with van der Waals surface area (Å²) in [5.41, 5.74) is 2.58. The van der Waals surface area contributed by atoms with Gasteiger partial charge in [0.2, 0.25) is 0 Å². The Bertz CT molecular complexity index is 344. The minimum absolute atomic E-state index is 0.469. The van der Waals surface area contributed by atoms with Crippen LogP contribution < -0.4 is 5.32 Å². The topological polar surface area (TPSA) is 12.0 Å². The molecule has 0 bridgehead atoms. The van der Waals surface area contributed by atoms with Gasteiger partial charge in [-0.05, 0) is 43.5 Å². The summed E-state index contributed by atoms with van der Waals surface area (Å²) in [5.74, 6) is 0.931. The lowest BCUT2D eigenvalue weighted by atomic mass is 9.97. The SMILES string of the molecule is CNC(CC1CC1)c1cccc(Cl)c1C. The van der Waals surface area contributed by atoms with E-state index in [1.165, 1.54) is 30.4 Å². The highest BCUT2D eigenvalue weighted by Crippen LogP contribution is 2.38. The lowest BCUT2D eigenvalue weighted by molar-refractivity contribution is 0.512. The van der Waals surface area contributed by atoms with Gasteiger partial charge in [-0.1, -0.05) is 36.6 Å². The molecule has 1 aromatic rings. The quantitative estimate of drug-likeness (QED) is 0.821. The first-order valence-corrected chi connectivity index (χ1v) is 6.02. The van der Waals surface area contributed by atoms with Gasteiger partial charge in [-0.2, -0.15) is 0 Å². The first-order chi connectivity index (χ1) is 7.22. The van der Waals surface area contributed by atoms with Crippen molar-refractivity contribution in [1.29, 1.82) is 0 Å². The van der Waals surface area contributed by atoms with Crippen molar-refractivity contribution in [2.45, 2.75) is 32.2 Å². The molecule has 2 rings (SSSR count). The monoisotopic (exact) mass is 223 g/mol. The lowest BCUT2D eigenvalue weighted by Gasteiger charge is -2.19. The third-order valence-electron chi connectivity index (χ3n) is 3.30. The van der Waals surface area contributed by atoms with Gasteiger partial charge < -0.3 is 5.32 Å². The summed E-state index contributed by atoms with van der Waals surface area (Å²) >= 11 is 6.14. The van der Waals surface area contributed by atoms with E-state index in [9.17, 15) is 0 Å². The van der Waals surface area contributed by atoms with Crippen LogP contribution in [0.4, 0.5) is 0 Å². The molecular formula is C13H18ClN. The fraction of sp³-hybridized carbons (Fsp3) is 0.538. The van der Waals surface area contributed by atoms with E-state index in [0.29, 0.717) is 6.04 Å². The van der Waals surface area contributed by atoms with Gasteiger partial charge in [0.25, 0.3) is 0 Å². The second-order valence-electron chi connectivity index (χ2n) is 4.47. The van der Waals surface area contributed by atoms with E-state index in [-0.39, 0.29) is 0 Å². The van der Waals surface area contributed by atoms with Crippen molar-refractivity contribution in [2.24, 2.45) is 5.92 Å². The van der Waals surface area contributed by atoms with Crippen LogP contribution in [0, 0.1) is 12.8 Å². The molecule has 0 aromatic heterocycles. The Hall–Kier alpha value is -0.530. The second-order valence-corrected chi connectivity index (χ2v) is 4.88. The zero-order valence-corrected chi connectivity index (χ0v) is 10.1. The zero-order valence-electron chi connectivity index (χ0n) is 9.39. The zero-order chi connectivity index (χ0) is 10.8. The summed E-state index contributed by atoms with van der Waals surface area (Å²) in [6.45, 7) is 2.11. The molecular weight excluding hydrogens is 206 g/mol. The minimum atomic E-state index is 0.469. The maximum atomic E-state index is 6.14. The number of nitrogens with one attached hydrogen (secondary N) is 1. The second kappa shape index (κ2) is 4.54. The van der Waals surface area contributed by atoms with Crippen LogP contribution in [0.25, 0.3) is 0 Å². The fourth-order valence-electron chi connectivity index (χ4n) is 2.09. The molecule has 15 heavy (non-hydrogen) atoms. The van der Waals surface area contributed by atoms with Crippen LogP contribution in [-0.2, 0) is 0 Å². The van der Waals surface area contributed by atoms with E-state index in [1.54, 1.807) is 0 Å². The van der Waals surface area contributed by atoms with Crippen molar-refractivity contribution in [3.63, 3.8) is 0 Å². The Morgan fingerprint density at radius 1 is 1.47 bits per heavy atom. The smallest absolute Gasteiger partial charge is 0.0438 e. The summed E-state index contributed by atoms with van der Waals surface area (Å²) in [5, 5.41) is 4.28. The molecule has 82 valence electrons. The van der Waals surface area contributed by atoms with Gasteiger partial charge in [0.15, 0.2) is 0 Å². The van der Waals surface area contributed by atoms with E-state index >= 15 is 0 Å². The van der Waals surface area contributed by atoms with Crippen molar-refractivity contribution < 1.29 is 0 Å². The van der Waals surface area contributed by atoms with Crippen molar-refractivity contribution >= 4 is 11.6 Å². The average molecular weight is 224 g/mol. The van der Waals surface area contributed by atoms with Gasteiger partial charge in [0.1, 0.15) is 0 Å². The molecule has 1 fully saturated rings. The van der Waals surface area contributed by atoms with Gasteiger partial charge >= 0.3 is 0 Å². The highest BCUT2D eigenvalue weighted by atomic mass is 35.5. The molecule has 1 saturated carbocycles. The van der Waals surface area contributed by atoms with Gasteiger partial charge in [-0.25, -0.2) is 0 Å². The van der Waals surface area contributed by atoms with E-state index in [4.69, 9.17) is 11.6 Å². The van der Waals surface area contributed by atoms with Crippen LogP contribution in [0.3, 0.4) is 0 Å². The largest absolute Gasteiger partial charge is 0.313 e. The van der Waals surface area contributed by atoms with Crippen LogP contribution in [0.2, 0.25) is 5.02 Å². The summed E-state index contributed by atoms with van der Waals surface area (Å²) in [7, 11) is 2.04. The van der Waals surface area contributed by atoms with E-state index in [1.807, 2.05) is 19.2 Å². The molecule has 2 heteroatoms. The normalized spacial score (nSPS) is 17.8. The molecule has 1 atom stereocenters. The molecule has 1 nitrogen and oxygen atoms in total. The van der Waals surface area contributed by atoms with Gasteiger partial charge in [-0.15, -0.1) is 0 Å². The summed E-state index contributed by atoms with van der Waals surface area (Å²) < 4.78 is 0. The summed E-state index contributed by atoms with van der Waals surface area (Å²) in [4.78, 5) is 0. The van der Waals surface area contributed by atoms with E-state index < -0.39 is 0 Å². The molecule has 0 saturated heterocycles. The summed E-state index contributed by atoms with van der Waals surface area (Å²) in [6, 6.07) is 6.66. The van der Waals surface area contributed by atoms with E-state index in [2.05, 4.69) is 18.3 Å².